The first-order chi connectivity index (χ1) is 6.07. The smallest absolute Gasteiger partial charge is 0.175 e. The molecule has 0 heterocycles. The number of rotatable bonds is 6. The zero-order valence-electron chi connectivity index (χ0n) is 7.18. The summed E-state index contributed by atoms with van der Waals surface area (Å²) in [5, 5.41) is 35.8. The standard InChI is InChI=1S/C7H15NO5/c8-1-5(12)6(13)7(2-9,3-10)4-11/h6,9-11,13H,1-4,8H2. The Morgan fingerprint density at radius 3 is 1.85 bits per heavy atom. The Morgan fingerprint density at radius 2 is 1.62 bits per heavy atom. The lowest BCUT2D eigenvalue weighted by Crippen LogP contribution is -2.50. The van der Waals surface area contributed by atoms with Crippen molar-refractivity contribution < 1.29 is 25.2 Å². The maximum absolute atomic E-state index is 10.9. The van der Waals surface area contributed by atoms with Gasteiger partial charge in [-0.15, -0.1) is 0 Å². The third-order valence-electron chi connectivity index (χ3n) is 2.03. The summed E-state index contributed by atoms with van der Waals surface area (Å²) in [6.45, 7) is -2.46. The van der Waals surface area contributed by atoms with E-state index >= 15 is 0 Å². The van der Waals surface area contributed by atoms with Crippen LogP contribution in [0.4, 0.5) is 0 Å². The molecule has 0 amide bonds. The van der Waals surface area contributed by atoms with Crippen LogP contribution in [0.1, 0.15) is 0 Å². The van der Waals surface area contributed by atoms with E-state index in [2.05, 4.69) is 0 Å². The van der Waals surface area contributed by atoms with Crippen molar-refractivity contribution in [3.63, 3.8) is 0 Å². The van der Waals surface area contributed by atoms with E-state index in [1.165, 1.54) is 0 Å². The lowest BCUT2D eigenvalue weighted by molar-refractivity contribution is -0.143. The third-order valence-corrected chi connectivity index (χ3v) is 2.03. The van der Waals surface area contributed by atoms with Crippen molar-refractivity contribution in [3.8, 4) is 0 Å². The molecule has 0 aliphatic rings. The molecule has 0 aliphatic carbocycles. The summed E-state index contributed by atoms with van der Waals surface area (Å²) in [5.41, 5.74) is 3.38. The first-order valence-electron chi connectivity index (χ1n) is 3.81. The van der Waals surface area contributed by atoms with Gasteiger partial charge in [0.25, 0.3) is 0 Å². The van der Waals surface area contributed by atoms with Crippen LogP contribution in [0.15, 0.2) is 0 Å². The van der Waals surface area contributed by atoms with Crippen LogP contribution in [-0.2, 0) is 4.79 Å². The first kappa shape index (κ1) is 12.5. The zero-order chi connectivity index (χ0) is 10.5. The van der Waals surface area contributed by atoms with Crippen LogP contribution < -0.4 is 5.73 Å². The van der Waals surface area contributed by atoms with Gasteiger partial charge >= 0.3 is 0 Å². The van der Waals surface area contributed by atoms with Gasteiger partial charge in [-0.05, 0) is 0 Å². The van der Waals surface area contributed by atoms with Gasteiger partial charge in [0.05, 0.1) is 31.8 Å². The molecule has 0 aromatic heterocycles. The quantitative estimate of drug-likeness (QED) is 0.303. The SMILES string of the molecule is NCC(=O)C(O)C(CO)(CO)CO. The van der Waals surface area contributed by atoms with E-state index in [1.807, 2.05) is 0 Å². The topological polar surface area (TPSA) is 124 Å². The fourth-order valence-electron chi connectivity index (χ4n) is 0.863. The summed E-state index contributed by atoms with van der Waals surface area (Å²) >= 11 is 0. The molecule has 6 nitrogen and oxygen atoms in total. The normalized spacial score (nSPS) is 14.2. The zero-order valence-corrected chi connectivity index (χ0v) is 7.18. The maximum atomic E-state index is 10.9. The second-order valence-corrected chi connectivity index (χ2v) is 2.91. The van der Waals surface area contributed by atoms with E-state index in [0.717, 1.165) is 0 Å². The molecule has 6 N–H and O–H groups in total. The molecule has 0 fully saturated rings. The van der Waals surface area contributed by atoms with Gasteiger partial charge in [0, 0.05) is 0 Å². The molecule has 0 saturated carbocycles. The number of hydrogen-bond donors (Lipinski definition) is 5. The molecular formula is C7H15NO5. The Morgan fingerprint density at radius 1 is 1.23 bits per heavy atom. The molecule has 0 aliphatic heterocycles. The molecule has 0 spiro atoms. The van der Waals surface area contributed by atoms with E-state index in [-0.39, 0.29) is 0 Å². The Kier molecular flexibility index (Phi) is 5.04. The number of carbonyl (C=O) groups excluding carboxylic acids is 1. The highest BCUT2D eigenvalue weighted by molar-refractivity contribution is 5.85. The Balaban J connectivity index is 4.62. The third kappa shape index (κ3) is 2.45. The minimum atomic E-state index is -1.64. The van der Waals surface area contributed by atoms with Crippen molar-refractivity contribution in [1.29, 1.82) is 0 Å². The average molecular weight is 193 g/mol. The minimum Gasteiger partial charge on any atom is -0.395 e. The molecule has 1 unspecified atom stereocenters. The van der Waals surface area contributed by atoms with Crippen molar-refractivity contribution in [2.45, 2.75) is 6.10 Å². The van der Waals surface area contributed by atoms with Crippen molar-refractivity contribution in [2.24, 2.45) is 11.1 Å². The van der Waals surface area contributed by atoms with E-state index in [4.69, 9.17) is 21.1 Å². The second kappa shape index (κ2) is 5.25. The van der Waals surface area contributed by atoms with Crippen LogP contribution in [0.25, 0.3) is 0 Å². The lowest BCUT2D eigenvalue weighted by Gasteiger charge is -2.31. The van der Waals surface area contributed by atoms with E-state index in [9.17, 15) is 9.90 Å². The van der Waals surface area contributed by atoms with E-state index < -0.39 is 43.7 Å². The van der Waals surface area contributed by atoms with Crippen molar-refractivity contribution in [1.82, 2.24) is 0 Å². The summed E-state index contributed by atoms with van der Waals surface area (Å²) in [6.07, 6.45) is -1.64. The number of aliphatic hydroxyl groups is 4. The number of hydrogen-bond acceptors (Lipinski definition) is 6. The molecule has 0 rings (SSSR count). The average Bonchev–Trinajstić information content (AvgIpc) is 2.20. The van der Waals surface area contributed by atoms with Crippen LogP contribution >= 0.6 is 0 Å². The molecule has 6 heteroatoms. The number of carbonyl (C=O) groups is 1. The monoisotopic (exact) mass is 193 g/mol. The van der Waals surface area contributed by atoms with E-state index in [1.54, 1.807) is 0 Å². The second-order valence-electron chi connectivity index (χ2n) is 2.91. The Hall–Kier alpha value is -0.530. The van der Waals surface area contributed by atoms with Gasteiger partial charge < -0.3 is 26.2 Å². The predicted molar refractivity (Wildman–Crippen MR) is 43.8 cm³/mol. The maximum Gasteiger partial charge on any atom is 0.175 e. The van der Waals surface area contributed by atoms with Crippen molar-refractivity contribution in [3.05, 3.63) is 0 Å². The highest BCUT2D eigenvalue weighted by atomic mass is 16.3. The highest BCUT2D eigenvalue weighted by Crippen LogP contribution is 2.20. The number of nitrogens with two attached hydrogens (primary N) is 1. The molecule has 78 valence electrons. The largest absolute Gasteiger partial charge is 0.395 e. The van der Waals surface area contributed by atoms with Gasteiger partial charge in [0.2, 0.25) is 0 Å². The number of ketones is 1. The molecule has 13 heavy (non-hydrogen) atoms. The van der Waals surface area contributed by atoms with Gasteiger partial charge in [0.15, 0.2) is 5.78 Å². The summed E-state index contributed by atoms with van der Waals surface area (Å²) in [7, 11) is 0. The molecule has 0 saturated heterocycles. The molecular weight excluding hydrogens is 178 g/mol. The summed E-state index contributed by atoms with van der Waals surface area (Å²) in [5.74, 6) is -0.725. The van der Waals surface area contributed by atoms with Crippen molar-refractivity contribution >= 4 is 5.78 Å². The minimum absolute atomic E-state index is 0.400. The molecule has 1 atom stereocenters. The first-order valence-corrected chi connectivity index (χ1v) is 3.81. The van der Waals surface area contributed by atoms with Crippen LogP contribution in [0.5, 0.6) is 0 Å². The fourth-order valence-corrected chi connectivity index (χ4v) is 0.863. The van der Waals surface area contributed by atoms with Crippen LogP contribution in [0.2, 0.25) is 0 Å². The number of aliphatic hydroxyl groups excluding tert-OH is 4. The fraction of sp³-hybridized carbons (Fsp3) is 0.857. The van der Waals surface area contributed by atoms with Crippen molar-refractivity contribution in [2.75, 3.05) is 26.4 Å². The van der Waals surface area contributed by atoms with Crippen LogP contribution in [0.3, 0.4) is 0 Å². The van der Waals surface area contributed by atoms with Gasteiger partial charge in [-0.3, -0.25) is 4.79 Å². The van der Waals surface area contributed by atoms with Gasteiger partial charge in [0.1, 0.15) is 6.10 Å². The van der Waals surface area contributed by atoms with Gasteiger partial charge in [-0.1, -0.05) is 0 Å². The lowest BCUT2D eigenvalue weighted by atomic mass is 9.82. The molecule has 0 aromatic rings. The summed E-state index contributed by atoms with van der Waals surface area (Å²) < 4.78 is 0. The van der Waals surface area contributed by atoms with Crippen LogP contribution in [0, 0.1) is 5.41 Å². The summed E-state index contributed by atoms with van der Waals surface area (Å²) in [6, 6.07) is 0. The summed E-state index contributed by atoms with van der Waals surface area (Å²) in [4.78, 5) is 10.9. The predicted octanol–water partition coefficient (Wildman–Crippen LogP) is -3.16. The highest BCUT2D eigenvalue weighted by Gasteiger charge is 2.40. The van der Waals surface area contributed by atoms with Gasteiger partial charge in [-0.25, -0.2) is 0 Å². The molecule has 0 bridgehead atoms. The van der Waals surface area contributed by atoms with Gasteiger partial charge in [-0.2, -0.15) is 0 Å². The Labute approximate surface area is 75.6 Å². The van der Waals surface area contributed by atoms with Crippen LogP contribution in [-0.4, -0.2) is 58.7 Å². The van der Waals surface area contributed by atoms with E-state index in [0.29, 0.717) is 0 Å². The number of Topliss-reactive ketones (excluding diaryl/α,β-unsaturated/α-hetero) is 1. The Bertz CT molecular complexity index is 160. The molecule has 0 aromatic carbocycles. The molecule has 0 radical (unpaired) electrons.